The summed E-state index contributed by atoms with van der Waals surface area (Å²) in [4.78, 5) is 0. The van der Waals surface area contributed by atoms with Gasteiger partial charge in [0, 0.05) is 6.54 Å². The van der Waals surface area contributed by atoms with Gasteiger partial charge >= 0.3 is 0 Å². The van der Waals surface area contributed by atoms with Gasteiger partial charge in [-0.2, -0.15) is 0 Å². The Morgan fingerprint density at radius 2 is 2.17 bits per heavy atom. The first-order valence-corrected chi connectivity index (χ1v) is 6.34. The van der Waals surface area contributed by atoms with Crippen molar-refractivity contribution < 1.29 is 0 Å². The van der Waals surface area contributed by atoms with Crippen LogP contribution in [0.5, 0.6) is 0 Å². The van der Waals surface area contributed by atoms with Crippen LogP contribution < -0.4 is 5.32 Å². The SMILES string of the molecule is Cc1cccc(-n2cc(CNCC(C)C)nn2)c1. The molecule has 0 saturated carbocycles. The summed E-state index contributed by atoms with van der Waals surface area (Å²) in [5, 5.41) is 11.7. The van der Waals surface area contributed by atoms with Crippen LogP contribution in [0.1, 0.15) is 25.1 Å². The predicted molar refractivity (Wildman–Crippen MR) is 72.6 cm³/mol. The molecule has 96 valence electrons. The molecule has 0 spiro atoms. The maximum Gasteiger partial charge on any atom is 0.0969 e. The van der Waals surface area contributed by atoms with E-state index in [1.165, 1.54) is 5.56 Å². The van der Waals surface area contributed by atoms with E-state index in [-0.39, 0.29) is 0 Å². The fourth-order valence-electron chi connectivity index (χ4n) is 1.76. The van der Waals surface area contributed by atoms with Crippen molar-refractivity contribution in [1.82, 2.24) is 20.3 Å². The third-order valence-electron chi connectivity index (χ3n) is 2.67. The summed E-state index contributed by atoms with van der Waals surface area (Å²) in [5.41, 5.74) is 3.25. The van der Waals surface area contributed by atoms with E-state index in [4.69, 9.17) is 0 Å². The number of rotatable bonds is 5. The van der Waals surface area contributed by atoms with Crippen molar-refractivity contribution in [2.24, 2.45) is 5.92 Å². The van der Waals surface area contributed by atoms with Gasteiger partial charge in [-0.05, 0) is 37.1 Å². The Balaban J connectivity index is 2.02. The lowest BCUT2D eigenvalue weighted by Crippen LogP contribution is -2.19. The van der Waals surface area contributed by atoms with Crippen molar-refractivity contribution in [3.05, 3.63) is 41.7 Å². The van der Waals surface area contributed by atoms with Crippen molar-refractivity contribution >= 4 is 0 Å². The number of hydrogen-bond acceptors (Lipinski definition) is 3. The molecule has 1 aromatic heterocycles. The molecule has 1 N–H and O–H groups in total. The van der Waals surface area contributed by atoms with Crippen LogP contribution in [0.25, 0.3) is 5.69 Å². The van der Waals surface area contributed by atoms with Gasteiger partial charge in [0.2, 0.25) is 0 Å². The Morgan fingerprint density at radius 1 is 1.33 bits per heavy atom. The Hall–Kier alpha value is -1.68. The van der Waals surface area contributed by atoms with Gasteiger partial charge in [0.25, 0.3) is 0 Å². The van der Waals surface area contributed by atoms with Crippen LogP contribution in [0.4, 0.5) is 0 Å². The molecule has 0 fully saturated rings. The summed E-state index contributed by atoms with van der Waals surface area (Å²) in [6.45, 7) is 8.22. The van der Waals surface area contributed by atoms with Crippen LogP contribution in [-0.4, -0.2) is 21.5 Å². The first-order chi connectivity index (χ1) is 8.65. The van der Waals surface area contributed by atoms with E-state index in [2.05, 4.69) is 48.5 Å². The number of aryl methyl sites for hydroxylation is 1. The summed E-state index contributed by atoms with van der Waals surface area (Å²) in [7, 11) is 0. The van der Waals surface area contributed by atoms with Crippen LogP contribution in [0, 0.1) is 12.8 Å². The number of aromatic nitrogens is 3. The Kier molecular flexibility index (Phi) is 4.10. The topological polar surface area (TPSA) is 42.7 Å². The van der Waals surface area contributed by atoms with Crippen molar-refractivity contribution in [3.8, 4) is 5.69 Å². The molecule has 0 bridgehead atoms. The van der Waals surface area contributed by atoms with Gasteiger partial charge in [-0.15, -0.1) is 5.10 Å². The van der Waals surface area contributed by atoms with Crippen molar-refractivity contribution in [2.75, 3.05) is 6.54 Å². The molecule has 1 aromatic carbocycles. The van der Waals surface area contributed by atoms with E-state index in [1.807, 2.05) is 23.0 Å². The van der Waals surface area contributed by atoms with Crippen molar-refractivity contribution in [3.63, 3.8) is 0 Å². The molecular weight excluding hydrogens is 224 g/mol. The normalized spacial score (nSPS) is 11.1. The Morgan fingerprint density at radius 3 is 2.89 bits per heavy atom. The van der Waals surface area contributed by atoms with Gasteiger partial charge in [0.15, 0.2) is 0 Å². The fraction of sp³-hybridized carbons (Fsp3) is 0.429. The minimum atomic E-state index is 0.650. The molecule has 0 atom stereocenters. The highest BCUT2D eigenvalue weighted by Gasteiger charge is 2.03. The highest BCUT2D eigenvalue weighted by molar-refractivity contribution is 5.34. The van der Waals surface area contributed by atoms with Gasteiger partial charge in [0.1, 0.15) is 0 Å². The Labute approximate surface area is 108 Å². The smallest absolute Gasteiger partial charge is 0.0969 e. The van der Waals surface area contributed by atoms with Gasteiger partial charge < -0.3 is 5.32 Å². The first kappa shape index (κ1) is 12.8. The molecule has 0 amide bonds. The third kappa shape index (κ3) is 3.40. The summed E-state index contributed by atoms with van der Waals surface area (Å²) in [6, 6.07) is 8.24. The molecule has 1 heterocycles. The molecule has 0 radical (unpaired) electrons. The first-order valence-electron chi connectivity index (χ1n) is 6.34. The molecule has 0 aliphatic rings. The molecule has 4 heteroatoms. The number of benzene rings is 1. The van der Waals surface area contributed by atoms with Gasteiger partial charge in [-0.25, -0.2) is 4.68 Å². The summed E-state index contributed by atoms with van der Waals surface area (Å²) < 4.78 is 1.82. The average molecular weight is 244 g/mol. The third-order valence-corrected chi connectivity index (χ3v) is 2.67. The number of nitrogens with one attached hydrogen (secondary N) is 1. The summed E-state index contributed by atoms with van der Waals surface area (Å²) >= 11 is 0. The maximum absolute atomic E-state index is 4.17. The highest BCUT2D eigenvalue weighted by atomic mass is 15.4. The lowest BCUT2D eigenvalue weighted by atomic mass is 10.2. The molecule has 0 saturated heterocycles. The van der Waals surface area contributed by atoms with E-state index < -0.39 is 0 Å². The molecule has 18 heavy (non-hydrogen) atoms. The zero-order chi connectivity index (χ0) is 13.0. The molecule has 0 unspecified atom stereocenters. The Bertz CT molecular complexity index is 502. The van der Waals surface area contributed by atoms with Crippen molar-refractivity contribution in [2.45, 2.75) is 27.3 Å². The summed E-state index contributed by atoms with van der Waals surface area (Å²) in [5.74, 6) is 0.650. The standard InChI is InChI=1S/C14H20N4/c1-11(2)8-15-9-13-10-18(17-16-13)14-6-4-5-12(3)7-14/h4-7,10-11,15H,8-9H2,1-3H3. The van der Waals surface area contributed by atoms with Gasteiger partial charge in [0.05, 0.1) is 17.6 Å². The average Bonchev–Trinajstić information content (AvgIpc) is 2.77. The highest BCUT2D eigenvalue weighted by Crippen LogP contribution is 2.09. The van der Waals surface area contributed by atoms with Crippen LogP contribution in [0.15, 0.2) is 30.5 Å². The zero-order valence-electron chi connectivity index (χ0n) is 11.2. The van der Waals surface area contributed by atoms with E-state index in [0.717, 1.165) is 24.5 Å². The molecule has 2 aromatic rings. The largest absolute Gasteiger partial charge is 0.311 e. The second kappa shape index (κ2) is 5.78. The second-order valence-electron chi connectivity index (χ2n) is 5.02. The number of nitrogens with zero attached hydrogens (tertiary/aromatic N) is 3. The summed E-state index contributed by atoms with van der Waals surface area (Å²) in [6.07, 6.45) is 1.97. The quantitative estimate of drug-likeness (QED) is 0.877. The lowest BCUT2D eigenvalue weighted by Gasteiger charge is -2.04. The molecule has 0 aliphatic carbocycles. The zero-order valence-corrected chi connectivity index (χ0v) is 11.2. The van der Waals surface area contributed by atoms with Gasteiger partial charge in [-0.3, -0.25) is 0 Å². The molecule has 4 nitrogen and oxygen atoms in total. The fourth-order valence-corrected chi connectivity index (χ4v) is 1.76. The molecule has 0 aliphatic heterocycles. The second-order valence-corrected chi connectivity index (χ2v) is 5.02. The van der Waals surface area contributed by atoms with E-state index in [1.54, 1.807) is 0 Å². The van der Waals surface area contributed by atoms with E-state index in [9.17, 15) is 0 Å². The van der Waals surface area contributed by atoms with Crippen LogP contribution in [0.2, 0.25) is 0 Å². The maximum atomic E-state index is 4.17. The van der Waals surface area contributed by atoms with Crippen LogP contribution in [0.3, 0.4) is 0 Å². The molecule has 2 rings (SSSR count). The van der Waals surface area contributed by atoms with Crippen molar-refractivity contribution in [1.29, 1.82) is 0 Å². The minimum Gasteiger partial charge on any atom is -0.311 e. The van der Waals surface area contributed by atoms with E-state index >= 15 is 0 Å². The van der Waals surface area contributed by atoms with Gasteiger partial charge in [-0.1, -0.05) is 31.2 Å². The van der Waals surface area contributed by atoms with E-state index in [0.29, 0.717) is 5.92 Å². The van der Waals surface area contributed by atoms with Crippen LogP contribution in [-0.2, 0) is 6.54 Å². The minimum absolute atomic E-state index is 0.650. The lowest BCUT2D eigenvalue weighted by molar-refractivity contribution is 0.548. The number of hydrogen-bond donors (Lipinski definition) is 1. The van der Waals surface area contributed by atoms with Crippen LogP contribution >= 0.6 is 0 Å². The monoisotopic (exact) mass is 244 g/mol. The molecular formula is C14H20N4. The predicted octanol–water partition coefficient (Wildman–Crippen LogP) is 2.32.